The van der Waals surface area contributed by atoms with Gasteiger partial charge < -0.3 is 19.8 Å². The number of fused-ring (bicyclic) bond motifs is 1. The zero-order chi connectivity index (χ0) is 13.2. The van der Waals surface area contributed by atoms with Crippen LogP contribution in [-0.2, 0) is 20.7 Å². The molecule has 0 spiro atoms. The molecular formula is C13H12N2O4. The van der Waals surface area contributed by atoms with Crippen molar-refractivity contribution in [1.82, 2.24) is 10.3 Å². The van der Waals surface area contributed by atoms with Crippen LogP contribution in [0.1, 0.15) is 5.56 Å². The number of ether oxygens (including phenoxy) is 2. The number of para-hydroxylation sites is 1. The van der Waals surface area contributed by atoms with E-state index in [2.05, 4.69) is 15.0 Å². The Morgan fingerprint density at radius 2 is 2.05 bits per heavy atom. The van der Waals surface area contributed by atoms with Gasteiger partial charge in [0.05, 0.1) is 0 Å². The molecule has 1 unspecified atom stereocenters. The lowest BCUT2D eigenvalue weighted by Gasteiger charge is -2.11. The monoisotopic (exact) mass is 260 g/mol. The number of aromatic nitrogens is 1. The molecule has 0 radical (unpaired) electrons. The maximum Gasteiger partial charge on any atom is 0.410 e. The van der Waals surface area contributed by atoms with Gasteiger partial charge >= 0.3 is 12.1 Å². The summed E-state index contributed by atoms with van der Waals surface area (Å²) in [7, 11) is 0. The lowest BCUT2D eigenvalue weighted by atomic mass is 10.1. The third kappa shape index (κ3) is 2.24. The normalized spacial score (nSPS) is 19.5. The standard InChI is InChI=1S/C13H12N2O4/c16-12-11(15-13(17)19-7-18-12)5-8-6-14-10-4-2-1-3-9(8)10/h1-4,6,11,14H,5,7H2,(H,15,17). The Hall–Kier alpha value is -2.50. The van der Waals surface area contributed by atoms with E-state index in [1.807, 2.05) is 30.5 Å². The van der Waals surface area contributed by atoms with Crippen LogP contribution >= 0.6 is 0 Å². The number of carbonyl (C=O) groups excluding carboxylic acids is 2. The van der Waals surface area contributed by atoms with Crippen LogP contribution in [0.25, 0.3) is 10.9 Å². The van der Waals surface area contributed by atoms with Gasteiger partial charge in [0.2, 0.25) is 6.79 Å². The predicted molar refractivity (Wildman–Crippen MR) is 66.4 cm³/mol. The summed E-state index contributed by atoms with van der Waals surface area (Å²) in [4.78, 5) is 26.1. The summed E-state index contributed by atoms with van der Waals surface area (Å²) in [6, 6.07) is 7.03. The van der Waals surface area contributed by atoms with E-state index < -0.39 is 18.1 Å². The number of hydrogen-bond acceptors (Lipinski definition) is 4. The number of amides is 1. The number of H-pyrrole nitrogens is 1. The van der Waals surface area contributed by atoms with Gasteiger partial charge in [-0.3, -0.25) is 0 Å². The first-order valence-electron chi connectivity index (χ1n) is 5.89. The van der Waals surface area contributed by atoms with Gasteiger partial charge in [-0.15, -0.1) is 0 Å². The summed E-state index contributed by atoms with van der Waals surface area (Å²) in [5.41, 5.74) is 1.93. The third-order valence-electron chi connectivity index (χ3n) is 3.07. The quantitative estimate of drug-likeness (QED) is 0.798. The van der Waals surface area contributed by atoms with Gasteiger partial charge in [0.25, 0.3) is 0 Å². The largest absolute Gasteiger partial charge is 0.426 e. The van der Waals surface area contributed by atoms with E-state index >= 15 is 0 Å². The summed E-state index contributed by atoms with van der Waals surface area (Å²) >= 11 is 0. The second kappa shape index (κ2) is 4.64. The highest BCUT2D eigenvalue weighted by Crippen LogP contribution is 2.19. The summed E-state index contributed by atoms with van der Waals surface area (Å²) in [6.45, 7) is -0.338. The number of nitrogens with one attached hydrogen (secondary N) is 2. The molecule has 3 rings (SSSR count). The van der Waals surface area contributed by atoms with Crippen LogP contribution in [0.4, 0.5) is 4.79 Å². The van der Waals surface area contributed by atoms with Gasteiger partial charge in [-0.2, -0.15) is 0 Å². The van der Waals surface area contributed by atoms with Crippen molar-refractivity contribution in [3.05, 3.63) is 36.0 Å². The smallest absolute Gasteiger partial charge is 0.410 e. The molecule has 2 aromatic rings. The average molecular weight is 260 g/mol. The Morgan fingerprint density at radius 1 is 1.21 bits per heavy atom. The third-order valence-corrected chi connectivity index (χ3v) is 3.07. The van der Waals surface area contributed by atoms with Crippen LogP contribution in [0.5, 0.6) is 0 Å². The number of carbonyl (C=O) groups is 2. The van der Waals surface area contributed by atoms with E-state index in [-0.39, 0.29) is 6.79 Å². The number of rotatable bonds is 2. The summed E-state index contributed by atoms with van der Waals surface area (Å²) in [6.07, 6.45) is 1.55. The lowest BCUT2D eigenvalue weighted by Crippen LogP contribution is -2.40. The molecule has 2 N–H and O–H groups in total. The van der Waals surface area contributed by atoms with Crippen LogP contribution in [0.3, 0.4) is 0 Å². The van der Waals surface area contributed by atoms with Crippen molar-refractivity contribution in [2.75, 3.05) is 6.79 Å². The van der Waals surface area contributed by atoms with Gasteiger partial charge in [0.15, 0.2) is 0 Å². The molecular weight excluding hydrogens is 248 g/mol. The number of esters is 1. The Bertz CT molecular complexity index is 634. The molecule has 19 heavy (non-hydrogen) atoms. The molecule has 1 aromatic carbocycles. The van der Waals surface area contributed by atoms with Gasteiger partial charge in [-0.25, -0.2) is 9.59 Å². The molecule has 1 aliphatic rings. The SMILES string of the molecule is O=C1NC(Cc2c[nH]c3ccccc23)C(=O)OCO1. The Kier molecular flexibility index (Phi) is 2.83. The Labute approximate surface area is 108 Å². The average Bonchev–Trinajstić information content (AvgIpc) is 2.73. The molecule has 1 atom stereocenters. The van der Waals surface area contributed by atoms with Crippen LogP contribution in [0.2, 0.25) is 0 Å². The van der Waals surface area contributed by atoms with E-state index in [0.717, 1.165) is 16.5 Å². The van der Waals surface area contributed by atoms with Crippen molar-refractivity contribution in [2.24, 2.45) is 0 Å². The van der Waals surface area contributed by atoms with Gasteiger partial charge in [0.1, 0.15) is 6.04 Å². The summed E-state index contributed by atoms with van der Waals surface area (Å²) in [5, 5.41) is 3.50. The van der Waals surface area contributed by atoms with Crippen LogP contribution in [-0.4, -0.2) is 29.9 Å². The minimum absolute atomic E-state index is 0.338. The first kappa shape index (κ1) is 11.6. The molecule has 1 aliphatic heterocycles. The van der Waals surface area contributed by atoms with E-state index in [1.165, 1.54) is 0 Å². The molecule has 1 fully saturated rings. The minimum atomic E-state index is -0.728. The van der Waals surface area contributed by atoms with Crippen LogP contribution < -0.4 is 5.32 Å². The molecule has 0 aliphatic carbocycles. The fourth-order valence-corrected chi connectivity index (χ4v) is 2.14. The summed E-state index contributed by atoms with van der Waals surface area (Å²) in [5.74, 6) is -0.490. The first-order valence-corrected chi connectivity index (χ1v) is 5.89. The van der Waals surface area contributed by atoms with E-state index in [4.69, 9.17) is 4.74 Å². The molecule has 98 valence electrons. The van der Waals surface area contributed by atoms with E-state index in [9.17, 15) is 9.59 Å². The number of hydrogen-bond donors (Lipinski definition) is 2. The number of aromatic amines is 1. The molecule has 1 saturated heterocycles. The summed E-state index contributed by atoms with van der Waals surface area (Å²) < 4.78 is 9.40. The Balaban J connectivity index is 1.87. The van der Waals surface area contributed by atoms with Crippen LogP contribution in [0, 0.1) is 0 Å². The first-order chi connectivity index (χ1) is 9.24. The number of alkyl carbamates (subject to hydrolysis) is 1. The van der Waals surface area contributed by atoms with Crippen molar-refractivity contribution in [3.8, 4) is 0 Å². The van der Waals surface area contributed by atoms with Crippen LogP contribution in [0.15, 0.2) is 30.5 Å². The van der Waals surface area contributed by atoms with Crippen molar-refractivity contribution in [3.63, 3.8) is 0 Å². The minimum Gasteiger partial charge on any atom is -0.426 e. The number of cyclic esters (lactones) is 2. The van der Waals surface area contributed by atoms with Gasteiger partial charge in [0, 0.05) is 23.5 Å². The maximum absolute atomic E-state index is 11.7. The topological polar surface area (TPSA) is 80.4 Å². The molecule has 6 heteroatoms. The lowest BCUT2D eigenvalue weighted by molar-refractivity contribution is -0.150. The fourth-order valence-electron chi connectivity index (χ4n) is 2.14. The van der Waals surface area contributed by atoms with E-state index in [1.54, 1.807) is 0 Å². The highest BCUT2D eigenvalue weighted by Gasteiger charge is 2.27. The highest BCUT2D eigenvalue weighted by molar-refractivity contribution is 5.86. The zero-order valence-corrected chi connectivity index (χ0v) is 10.0. The van der Waals surface area contributed by atoms with Crippen molar-refractivity contribution in [1.29, 1.82) is 0 Å². The van der Waals surface area contributed by atoms with Crippen molar-refractivity contribution in [2.45, 2.75) is 12.5 Å². The molecule has 1 amide bonds. The maximum atomic E-state index is 11.7. The highest BCUT2D eigenvalue weighted by atomic mass is 16.7. The van der Waals surface area contributed by atoms with Crippen molar-refractivity contribution >= 4 is 23.0 Å². The molecule has 6 nitrogen and oxygen atoms in total. The number of benzene rings is 1. The van der Waals surface area contributed by atoms with Crippen molar-refractivity contribution < 1.29 is 19.1 Å². The van der Waals surface area contributed by atoms with Gasteiger partial charge in [-0.1, -0.05) is 18.2 Å². The molecule has 1 aromatic heterocycles. The van der Waals surface area contributed by atoms with Gasteiger partial charge in [-0.05, 0) is 11.6 Å². The predicted octanol–water partition coefficient (Wildman–Crippen LogP) is 1.32. The second-order valence-corrected chi connectivity index (χ2v) is 4.27. The Morgan fingerprint density at radius 3 is 2.95 bits per heavy atom. The molecule has 2 heterocycles. The molecule has 0 saturated carbocycles. The zero-order valence-electron chi connectivity index (χ0n) is 10.0. The fraction of sp³-hybridized carbons (Fsp3) is 0.231. The molecule has 0 bridgehead atoms. The van der Waals surface area contributed by atoms with E-state index in [0.29, 0.717) is 6.42 Å². The second-order valence-electron chi connectivity index (χ2n) is 4.27.